The number of ether oxygens (including phenoxy) is 1. The second kappa shape index (κ2) is 12.2. The Balaban J connectivity index is 1.36. The average molecular weight is 460 g/mol. The van der Waals surface area contributed by atoms with E-state index in [1.54, 1.807) is 0 Å². The van der Waals surface area contributed by atoms with Crippen molar-refractivity contribution in [1.29, 1.82) is 0 Å². The van der Waals surface area contributed by atoms with E-state index in [4.69, 9.17) is 9.73 Å². The zero-order chi connectivity index (χ0) is 23.8. The average Bonchev–Trinajstić information content (AvgIpc) is 2.85. The minimum atomic E-state index is 0.227. The van der Waals surface area contributed by atoms with Gasteiger partial charge in [0.1, 0.15) is 11.4 Å². The molecular formula is C30H41N3O. The number of fused-ring (bicyclic) bond motifs is 4. The molecule has 1 unspecified atom stereocenters. The van der Waals surface area contributed by atoms with Gasteiger partial charge in [0.05, 0.1) is 0 Å². The van der Waals surface area contributed by atoms with Crippen LogP contribution in [-0.2, 0) is 0 Å². The van der Waals surface area contributed by atoms with E-state index in [1.807, 2.05) is 0 Å². The van der Waals surface area contributed by atoms with E-state index in [0.29, 0.717) is 0 Å². The number of allylic oxidation sites excluding steroid dienone is 1. The first-order chi connectivity index (χ1) is 16.7. The van der Waals surface area contributed by atoms with Crippen LogP contribution in [0.2, 0.25) is 0 Å². The van der Waals surface area contributed by atoms with E-state index in [-0.39, 0.29) is 6.04 Å². The van der Waals surface area contributed by atoms with Crippen molar-refractivity contribution in [3.8, 4) is 5.75 Å². The topological polar surface area (TPSA) is 36.9 Å². The maximum atomic E-state index is 6.38. The fourth-order valence-electron chi connectivity index (χ4n) is 4.82. The van der Waals surface area contributed by atoms with Gasteiger partial charge in [-0.2, -0.15) is 0 Å². The molecule has 4 heteroatoms. The lowest BCUT2D eigenvalue weighted by molar-refractivity contribution is 0.375. The molecule has 2 aromatic carbocycles. The summed E-state index contributed by atoms with van der Waals surface area (Å²) in [5.74, 6) is 1.69. The molecule has 4 nitrogen and oxygen atoms in total. The van der Waals surface area contributed by atoms with Crippen LogP contribution in [-0.4, -0.2) is 37.3 Å². The van der Waals surface area contributed by atoms with Crippen LogP contribution in [0.15, 0.2) is 59.3 Å². The molecule has 1 atom stereocenters. The fourth-order valence-corrected chi connectivity index (χ4v) is 4.82. The summed E-state index contributed by atoms with van der Waals surface area (Å²) in [4.78, 5) is 7.15. The lowest BCUT2D eigenvalue weighted by Crippen LogP contribution is -2.29. The summed E-state index contributed by atoms with van der Waals surface area (Å²) >= 11 is 0. The van der Waals surface area contributed by atoms with Crippen LogP contribution in [0.25, 0.3) is 10.8 Å². The Bertz CT molecular complexity index is 1050. The molecular weight excluding hydrogens is 418 g/mol. The maximum Gasteiger partial charge on any atom is 0.155 e. The third kappa shape index (κ3) is 6.09. The zero-order valence-electron chi connectivity index (χ0n) is 21.3. The van der Waals surface area contributed by atoms with E-state index in [2.05, 4.69) is 79.8 Å². The number of unbranched alkanes of at least 4 members (excludes halogenated alkanes) is 9. The summed E-state index contributed by atoms with van der Waals surface area (Å²) in [6.07, 6.45) is 20.0. The SMILES string of the molecule is CCCCCCCCCCCCNc1cc2c(c3ccccc13)N=C1C=CC(N(C)C)C=C1O2. The quantitative estimate of drug-likeness (QED) is 0.308. The summed E-state index contributed by atoms with van der Waals surface area (Å²) in [7, 11) is 4.15. The maximum absolute atomic E-state index is 6.38. The molecule has 1 heterocycles. The molecule has 1 N–H and O–H groups in total. The van der Waals surface area contributed by atoms with Crippen molar-refractivity contribution in [3.05, 3.63) is 54.3 Å². The number of hydrogen-bond acceptors (Lipinski definition) is 4. The summed E-state index contributed by atoms with van der Waals surface area (Å²) < 4.78 is 6.38. The Kier molecular flexibility index (Phi) is 8.81. The van der Waals surface area contributed by atoms with Crippen LogP contribution in [0.4, 0.5) is 11.4 Å². The van der Waals surface area contributed by atoms with Gasteiger partial charge in [0.25, 0.3) is 0 Å². The van der Waals surface area contributed by atoms with E-state index in [9.17, 15) is 0 Å². The number of anilines is 1. The van der Waals surface area contributed by atoms with Gasteiger partial charge in [-0.3, -0.25) is 4.90 Å². The van der Waals surface area contributed by atoms with Crippen LogP contribution in [0.3, 0.4) is 0 Å². The molecule has 0 spiro atoms. The number of likely N-dealkylation sites (N-methyl/N-ethyl adjacent to an activating group) is 1. The van der Waals surface area contributed by atoms with E-state index in [0.717, 1.165) is 40.5 Å². The van der Waals surface area contributed by atoms with Crippen molar-refractivity contribution >= 4 is 27.9 Å². The molecule has 182 valence electrons. The standard InChI is InChI=1S/C30H41N3O/c1-4-5-6-7-8-9-10-11-12-15-20-31-27-22-29-30(25-17-14-13-16-24(25)27)32-26-19-18-23(33(2)3)21-28(26)34-29/h13-14,16-19,21-23,31H,4-12,15,20H2,1-3H3. The zero-order valence-corrected chi connectivity index (χ0v) is 21.3. The van der Waals surface area contributed by atoms with Crippen molar-refractivity contribution in [3.63, 3.8) is 0 Å². The molecule has 0 radical (unpaired) electrons. The van der Waals surface area contributed by atoms with Crippen LogP contribution < -0.4 is 10.1 Å². The van der Waals surface area contributed by atoms with Crippen LogP contribution in [0.5, 0.6) is 5.75 Å². The summed E-state index contributed by atoms with van der Waals surface area (Å²) in [5.41, 5.74) is 2.97. The van der Waals surface area contributed by atoms with E-state index in [1.165, 1.54) is 69.6 Å². The summed E-state index contributed by atoms with van der Waals surface area (Å²) in [5, 5.41) is 6.04. The monoisotopic (exact) mass is 459 g/mol. The Labute approximate surface area is 205 Å². The van der Waals surface area contributed by atoms with E-state index < -0.39 is 0 Å². The highest BCUT2D eigenvalue weighted by molar-refractivity contribution is 6.14. The van der Waals surface area contributed by atoms with Gasteiger partial charge in [-0.05, 0) is 32.7 Å². The highest BCUT2D eigenvalue weighted by Gasteiger charge is 2.24. The number of benzene rings is 2. The van der Waals surface area contributed by atoms with Crippen LogP contribution in [0.1, 0.15) is 71.1 Å². The van der Waals surface area contributed by atoms with Gasteiger partial charge in [0.15, 0.2) is 11.5 Å². The first-order valence-corrected chi connectivity index (χ1v) is 13.3. The molecule has 0 amide bonds. The third-order valence-corrected chi connectivity index (χ3v) is 6.90. The second-order valence-electron chi connectivity index (χ2n) is 9.87. The minimum Gasteiger partial charge on any atom is -0.453 e. The Morgan fingerprint density at radius 2 is 1.59 bits per heavy atom. The van der Waals surface area contributed by atoms with Gasteiger partial charge in [-0.1, -0.05) is 95.1 Å². The number of rotatable bonds is 13. The smallest absolute Gasteiger partial charge is 0.155 e. The Morgan fingerprint density at radius 1 is 0.912 bits per heavy atom. The van der Waals surface area contributed by atoms with E-state index >= 15 is 0 Å². The molecule has 0 saturated heterocycles. The number of aliphatic imine (C=N–C) groups is 1. The van der Waals surface area contributed by atoms with Crippen molar-refractivity contribution in [2.45, 2.75) is 77.2 Å². The number of hydrogen-bond donors (Lipinski definition) is 1. The summed E-state index contributed by atoms with van der Waals surface area (Å²) in [6, 6.07) is 10.9. The first kappa shape index (κ1) is 24.5. The molecule has 4 rings (SSSR count). The van der Waals surface area contributed by atoms with Gasteiger partial charge in [-0.25, -0.2) is 4.99 Å². The molecule has 2 aromatic rings. The normalized spacial score (nSPS) is 16.6. The Morgan fingerprint density at radius 3 is 2.29 bits per heavy atom. The third-order valence-electron chi connectivity index (χ3n) is 6.90. The predicted molar refractivity (Wildman–Crippen MR) is 147 cm³/mol. The highest BCUT2D eigenvalue weighted by atomic mass is 16.5. The molecule has 34 heavy (non-hydrogen) atoms. The lowest BCUT2D eigenvalue weighted by atomic mass is 10.0. The molecule has 0 aromatic heterocycles. The van der Waals surface area contributed by atoms with Gasteiger partial charge < -0.3 is 10.1 Å². The van der Waals surface area contributed by atoms with Gasteiger partial charge >= 0.3 is 0 Å². The number of nitrogens with one attached hydrogen (secondary N) is 1. The molecule has 2 aliphatic rings. The highest BCUT2D eigenvalue weighted by Crippen LogP contribution is 2.44. The Hall–Kier alpha value is -2.59. The summed E-state index contributed by atoms with van der Waals surface area (Å²) in [6.45, 7) is 3.27. The second-order valence-corrected chi connectivity index (χ2v) is 9.87. The molecule has 0 saturated carbocycles. The molecule has 1 aliphatic carbocycles. The molecule has 1 aliphatic heterocycles. The molecule has 0 fully saturated rings. The van der Waals surface area contributed by atoms with Crippen molar-refractivity contribution in [1.82, 2.24) is 4.90 Å². The van der Waals surface area contributed by atoms with Gasteiger partial charge in [0, 0.05) is 35.1 Å². The predicted octanol–water partition coefficient (Wildman–Crippen LogP) is 8.02. The van der Waals surface area contributed by atoms with Crippen molar-refractivity contribution < 1.29 is 4.74 Å². The lowest BCUT2D eigenvalue weighted by Gasteiger charge is -2.26. The first-order valence-electron chi connectivity index (χ1n) is 13.3. The van der Waals surface area contributed by atoms with Crippen molar-refractivity contribution in [2.24, 2.45) is 4.99 Å². The fraction of sp³-hybridized carbons (Fsp3) is 0.500. The van der Waals surface area contributed by atoms with Crippen LogP contribution in [0, 0.1) is 0 Å². The van der Waals surface area contributed by atoms with Gasteiger partial charge in [-0.15, -0.1) is 0 Å². The number of nitrogens with zero attached hydrogens (tertiary/aromatic N) is 2. The molecule has 0 bridgehead atoms. The minimum absolute atomic E-state index is 0.227. The van der Waals surface area contributed by atoms with Gasteiger partial charge in [0.2, 0.25) is 0 Å². The van der Waals surface area contributed by atoms with Crippen LogP contribution >= 0.6 is 0 Å². The van der Waals surface area contributed by atoms with Crippen molar-refractivity contribution in [2.75, 3.05) is 26.0 Å². The largest absolute Gasteiger partial charge is 0.453 e.